The molecule has 0 bridgehead atoms. The summed E-state index contributed by atoms with van der Waals surface area (Å²) in [6.07, 6.45) is 2.73. The molecule has 6 nitrogen and oxygen atoms in total. The van der Waals surface area contributed by atoms with Crippen molar-refractivity contribution in [2.75, 3.05) is 33.3 Å². The molecule has 2 heterocycles. The lowest BCUT2D eigenvalue weighted by molar-refractivity contribution is 0.0331. The van der Waals surface area contributed by atoms with Crippen LogP contribution in [0.25, 0.3) is 11.1 Å². The van der Waals surface area contributed by atoms with Crippen LogP contribution in [0.1, 0.15) is 37.6 Å². The number of likely N-dealkylation sites (N-methyl/N-ethyl adjacent to an activating group) is 1. The van der Waals surface area contributed by atoms with Crippen LogP contribution in [0.5, 0.6) is 5.88 Å². The Morgan fingerprint density at radius 1 is 1.30 bits per heavy atom. The largest absolute Gasteiger partial charge is 0.472 e. The molecule has 3 rings (SSSR count). The second kappa shape index (κ2) is 10.0. The van der Waals surface area contributed by atoms with E-state index in [1.807, 2.05) is 43.3 Å². The maximum atomic E-state index is 13.4. The van der Waals surface area contributed by atoms with Gasteiger partial charge in [0.15, 0.2) is 0 Å². The lowest BCUT2D eigenvalue weighted by Gasteiger charge is -2.37. The second-order valence-electron chi connectivity index (χ2n) is 8.33. The lowest BCUT2D eigenvalue weighted by atomic mass is 9.99. The zero-order valence-electron chi connectivity index (χ0n) is 18.4. The fraction of sp³-hybridized carbons (Fsp3) is 0.500. The Hall–Kier alpha value is -2.44. The van der Waals surface area contributed by atoms with E-state index in [0.717, 1.165) is 30.6 Å². The van der Waals surface area contributed by atoms with Gasteiger partial charge in [0.05, 0.1) is 12.6 Å². The molecule has 30 heavy (non-hydrogen) atoms. The average molecular weight is 412 g/mol. The fourth-order valence-electron chi connectivity index (χ4n) is 3.89. The van der Waals surface area contributed by atoms with E-state index in [9.17, 15) is 9.90 Å². The molecular weight excluding hydrogens is 378 g/mol. The van der Waals surface area contributed by atoms with Gasteiger partial charge in [0, 0.05) is 30.8 Å². The molecule has 2 aromatic rings. The normalized spacial score (nSPS) is 20.3. The molecule has 6 heteroatoms. The second-order valence-corrected chi connectivity index (χ2v) is 8.33. The highest BCUT2D eigenvalue weighted by Gasteiger charge is 2.34. The summed E-state index contributed by atoms with van der Waals surface area (Å²) < 4.78 is 6.33. The van der Waals surface area contributed by atoms with Crippen molar-refractivity contribution in [1.82, 2.24) is 14.8 Å². The minimum absolute atomic E-state index is 0.0825. The third kappa shape index (κ3) is 4.99. The molecule has 1 aliphatic heterocycles. The maximum absolute atomic E-state index is 13.4. The minimum atomic E-state index is -0.277. The predicted molar refractivity (Wildman–Crippen MR) is 119 cm³/mol. The Labute approximate surface area is 179 Å². The molecule has 0 aliphatic carbocycles. The van der Waals surface area contributed by atoms with E-state index in [1.54, 1.807) is 11.1 Å². The van der Waals surface area contributed by atoms with Crippen LogP contribution >= 0.6 is 0 Å². The summed E-state index contributed by atoms with van der Waals surface area (Å²) in [4.78, 5) is 22.0. The first kappa shape index (κ1) is 22.2. The Morgan fingerprint density at radius 2 is 2.03 bits per heavy atom. The van der Waals surface area contributed by atoms with Crippen LogP contribution in [0.15, 0.2) is 42.6 Å². The number of amides is 1. The van der Waals surface area contributed by atoms with Gasteiger partial charge in [-0.05, 0) is 38.6 Å². The summed E-state index contributed by atoms with van der Waals surface area (Å²) in [6.45, 7) is 8.31. The predicted octanol–water partition coefficient (Wildman–Crippen LogP) is 3.31. The molecule has 3 atom stereocenters. The van der Waals surface area contributed by atoms with E-state index < -0.39 is 0 Å². The number of aliphatic hydroxyl groups is 1. The molecule has 0 saturated heterocycles. The standard InChI is InChI=1S/C24H33N3O3/c1-5-11-26(4)15-22-17(2)14-27(18(3)16-28)24(29)21-12-20(13-25-23(21)30-22)19-9-7-6-8-10-19/h6-10,12-13,17-18,22,28H,5,11,14-16H2,1-4H3/t17-,18+,22-/m0/s1. The first-order chi connectivity index (χ1) is 14.4. The third-order valence-electron chi connectivity index (χ3n) is 5.73. The number of ether oxygens (including phenoxy) is 1. The highest BCUT2D eigenvalue weighted by molar-refractivity contribution is 5.98. The van der Waals surface area contributed by atoms with Gasteiger partial charge in [0.2, 0.25) is 5.88 Å². The molecule has 1 aromatic heterocycles. The number of benzene rings is 1. The zero-order chi connectivity index (χ0) is 21.7. The first-order valence-corrected chi connectivity index (χ1v) is 10.8. The van der Waals surface area contributed by atoms with Crippen molar-refractivity contribution < 1.29 is 14.6 Å². The molecule has 1 amide bonds. The van der Waals surface area contributed by atoms with Gasteiger partial charge in [0.25, 0.3) is 5.91 Å². The third-order valence-corrected chi connectivity index (χ3v) is 5.73. The summed E-state index contributed by atoms with van der Waals surface area (Å²) in [7, 11) is 2.09. The molecule has 1 aliphatic rings. The molecule has 162 valence electrons. The van der Waals surface area contributed by atoms with Gasteiger partial charge >= 0.3 is 0 Å². The van der Waals surface area contributed by atoms with Crippen LogP contribution in [0.2, 0.25) is 0 Å². The number of hydrogen-bond acceptors (Lipinski definition) is 5. The van der Waals surface area contributed by atoms with Crippen LogP contribution in [0, 0.1) is 5.92 Å². The number of carbonyl (C=O) groups excluding carboxylic acids is 1. The zero-order valence-corrected chi connectivity index (χ0v) is 18.4. The summed E-state index contributed by atoms with van der Waals surface area (Å²) in [6, 6.07) is 11.5. The van der Waals surface area contributed by atoms with Crippen LogP contribution in [0.3, 0.4) is 0 Å². The Kier molecular flexibility index (Phi) is 7.45. The number of hydrogen-bond donors (Lipinski definition) is 1. The van der Waals surface area contributed by atoms with Gasteiger partial charge in [0.1, 0.15) is 11.7 Å². The SMILES string of the molecule is CCCN(C)C[C@@H]1Oc2ncc(-c3ccccc3)cc2C(=O)N([C@H](C)CO)C[C@@H]1C. The molecule has 0 fully saturated rings. The number of rotatable bonds is 7. The van der Waals surface area contributed by atoms with E-state index in [2.05, 4.69) is 30.8 Å². The summed E-state index contributed by atoms with van der Waals surface area (Å²) in [5.41, 5.74) is 2.32. The summed E-state index contributed by atoms with van der Waals surface area (Å²) in [5, 5.41) is 9.77. The van der Waals surface area contributed by atoms with E-state index in [0.29, 0.717) is 18.0 Å². The van der Waals surface area contributed by atoms with Crippen LogP contribution < -0.4 is 4.74 Å². The van der Waals surface area contributed by atoms with E-state index in [1.165, 1.54) is 0 Å². The first-order valence-electron chi connectivity index (χ1n) is 10.8. The van der Waals surface area contributed by atoms with Crippen molar-refractivity contribution >= 4 is 5.91 Å². The van der Waals surface area contributed by atoms with Crippen molar-refractivity contribution in [3.63, 3.8) is 0 Å². The van der Waals surface area contributed by atoms with Gasteiger partial charge in [-0.2, -0.15) is 0 Å². The van der Waals surface area contributed by atoms with Crippen molar-refractivity contribution in [3.8, 4) is 17.0 Å². The van der Waals surface area contributed by atoms with Gasteiger partial charge in [-0.15, -0.1) is 0 Å². The van der Waals surface area contributed by atoms with E-state index in [-0.39, 0.29) is 30.6 Å². The van der Waals surface area contributed by atoms with Gasteiger partial charge < -0.3 is 19.6 Å². The summed E-state index contributed by atoms with van der Waals surface area (Å²) in [5.74, 6) is 0.325. The lowest BCUT2D eigenvalue weighted by Crippen LogP contribution is -2.50. The molecule has 0 unspecified atom stereocenters. The Bertz CT molecular complexity index is 843. The number of aromatic nitrogens is 1. The number of fused-ring (bicyclic) bond motifs is 1. The maximum Gasteiger partial charge on any atom is 0.259 e. The fourth-order valence-corrected chi connectivity index (χ4v) is 3.89. The van der Waals surface area contributed by atoms with E-state index in [4.69, 9.17) is 4.74 Å². The molecule has 0 saturated carbocycles. The van der Waals surface area contributed by atoms with Crippen LogP contribution in [-0.4, -0.2) is 71.2 Å². The Morgan fingerprint density at radius 3 is 2.70 bits per heavy atom. The van der Waals surface area contributed by atoms with Crippen molar-refractivity contribution in [2.24, 2.45) is 5.92 Å². The van der Waals surface area contributed by atoms with Crippen molar-refractivity contribution in [1.29, 1.82) is 0 Å². The highest BCUT2D eigenvalue weighted by Crippen LogP contribution is 2.30. The molecule has 0 spiro atoms. The highest BCUT2D eigenvalue weighted by atomic mass is 16.5. The van der Waals surface area contributed by atoms with Crippen LogP contribution in [-0.2, 0) is 0 Å². The van der Waals surface area contributed by atoms with Gasteiger partial charge in [-0.1, -0.05) is 44.2 Å². The molecular formula is C24H33N3O3. The van der Waals surface area contributed by atoms with Crippen molar-refractivity contribution in [2.45, 2.75) is 39.3 Å². The smallest absolute Gasteiger partial charge is 0.259 e. The number of aliphatic hydroxyl groups excluding tert-OH is 1. The molecule has 1 aromatic carbocycles. The summed E-state index contributed by atoms with van der Waals surface area (Å²) >= 11 is 0. The number of pyridine rings is 1. The van der Waals surface area contributed by atoms with Gasteiger partial charge in [-0.3, -0.25) is 4.79 Å². The minimum Gasteiger partial charge on any atom is -0.472 e. The van der Waals surface area contributed by atoms with E-state index >= 15 is 0 Å². The topological polar surface area (TPSA) is 65.9 Å². The number of carbonyl (C=O) groups is 1. The number of nitrogens with zero attached hydrogens (tertiary/aromatic N) is 3. The quantitative estimate of drug-likeness (QED) is 0.757. The Balaban J connectivity index is 2.01. The van der Waals surface area contributed by atoms with Crippen LogP contribution in [0.4, 0.5) is 0 Å². The average Bonchev–Trinajstić information content (AvgIpc) is 2.76. The van der Waals surface area contributed by atoms with Crippen molar-refractivity contribution in [3.05, 3.63) is 48.2 Å². The monoisotopic (exact) mass is 411 g/mol. The molecule has 0 radical (unpaired) electrons. The molecule has 1 N–H and O–H groups in total. The van der Waals surface area contributed by atoms with Gasteiger partial charge in [-0.25, -0.2) is 4.98 Å².